The summed E-state index contributed by atoms with van der Waals surface area (Å²) in [6.07, 6.45) is 0. The second kappa shape index (κ2) is 7.11. The number of amides is 1. The van der Waals surface area contributed by atoms with Crippen molar-refractivity contribution >= 4 is 40.6 Å². The minimum atomic E-state index is -0.429. The second-order valence-electron chi connectivity index (χ2n) is 5.03. The molecular weight excluding hydrogens is 353 g/mol. The number of ketones is 1. The van der Waals surface area contributed by atoms with Crippen molar-refractivity contribution in [3.8, 4) is 11.5 Å². The van der Waals surface area contributed by atoms with Crippen LogP contribution in [-0.2, 0) is 4.79 Å². The van der Waals surface area contributed by atoms with Gasteiger partial charge in [-0.15, -0.1) is 11.6 Å². The SMILES string of the molecule is O=C(CCl)Nc1cc2c(cc1C(=O)c1ccccc1Cl)OCCO2. The Hall–Kier alpha value is -2.24. The maximum absolute atomic E-state index is 12.9. The van der Waals surface area contributed by atoms with Crippen molar-refractivity contribution in [1.82, 2.24) is 0 Å². The highest BCUT2D eigenvalue weighted by Gasteiger charge is 2.22. The molecule has 0 bridgehead atoms. The first-order valence-corrected chi connectivity index (χ1v) is 8.10. The van der Waals surface area contributed by atoms with Crippen LogP contribution in [0, 0.1) is 0 Å². The van der Waals surface area contributed by atoms with Crippen LogP contribution < -0.4 is 14.8 Å². The number of carbonyl (C=O) groups excluding carboxylic acids is 2. The van der Waals surface area contributed by atoms with Crippen LogP contribution in [-0.4, -0.2) is 30.8 Å². The van der Waals surface area contributed by atoms with Crippen molar-refractivity contribution in [1.29, 1.82) is 0 Å². The summed E-state index contributed by atoms with van der Waals surface area (Å²) in [6.45, 7) is 0.786. The predicted molar refractivity (Wildman–Crippen MR) is 91.7 cm³/mol. The maximum atomic E-state index is 12.9. The van der Waals surface area contributed by atoms with Crippen LogP contribution in [0.2, 0.25) is 5.02 Å². The van der Waals surface area contributed by atoms with E-state index in [4.69, 9.17) is 32.7 Å². The molecule has 1 aliphatic rings. The van der Waals surface area contributed by atoms with Crippen LogP contribution in [0.15, 0.2) is 36.4 Å². The number of fused-ring (bicyclic) bond motifs is 1. The minimum absolute atomic E-state index is 0.228. The zero-order valence-electron chi connectivity index (χ0n) is 12.5. The Morgan fingerprint density at radius 1 is 1.04 bits per heavy atom. The lowest BCUT2D eigenvalue weighted by molar-refractivity contribution is -0.113. The van der Waals surface area contributed by atoms with E-state index in [1.54, 1.807) is 36.4 Å². The molecule has 24 heavy (non-hydrogen) atoms. The molecule has 0 aromatic heterocycles. The standard InChI is InChI=1S/C17H13Cl2NO4/c18-9-16(21)20-13-8-15-14(23-5-6-24-15)7-11(13)17(22)10-3-1-2-4-12(10)19/h1-4,7-8H,5-6,9H2,(H,20,21). The minimum Gasteiger partial charge on any atom is -0.486 e. The summed E-state index contributed by atoms with van der Waals surface area (Å²) in [5, 5.41) is 2.94. The van der Waals surface area contributed by atoms with Gasteiger partial charge in [-0.3, -0.25) is 9.59 Å². The van der Waals surface area contributed by atoms with Crippen LogP contribution in [0.5, 0.6) is 11.5 Å². The Kier molecular flexibility index (Phi) is 4.92. The monoisotopic (exact) mass is 365 g/mol. The number of benzene rings is 2. The van der Waals surface area contributed by atoms with Crippen molar-refractivity contribution in [3.05, 3.63) is 52.5 Å². The third kappa shape index (κ3) is 3.32. The summed E-state index contributed by atoms with van der Waals surface area (Å²) in [5.74, 6) is -0.0832. The van der Waals surface area contributed by atoms with E-state index in [0.717, 1.165) is 0 Å². The van der Waals surface area contributed by atoms with E-state index in [9.17, 15) is 9.59 Å². The summed E-state index contributed by atoms with van der Waals surface area (Å²) in [5.41, 5.74) is 0.887. The van der Waals surface area contributed by atoms with Crippen molar-refractivity contribution in [2.45, 2.75) is 0 Å². The highest BCUT2D eigenvalue weighted by atomic mass is 35.5. The van der Waals surface area contributed by atoms with Gasteiger partial charge in [0.2, 0.25) is 5.91 Å². The van der Waals surface area contributed by atoms with Crippen LogP contribution in [0.4, 0.5) is 5.69 Å². The van der Waals surface area contributed by atoms with E-state index in [-0.39, 0.29) is 17.2 Å². The zero-order valence-corrected chi connectivity index (χ0v) is 14.0. The van der Waals surface area contributed by atoms with Crippen molar-refractivity contribution in [3.63, 3.8) is 0 Å². The van der Waals surface area contributed by atoms with Crippen LogP contribution in [0.1, 0.15) is 15.9 Å². The van der Waals surface area contributed by atoms with Gasteiger partial charge in [0, 0.05) is 11.6 Å². The first-order chi connectivity index (χ1) is 11.6. The number of nitrogens with one attached hydrogen (secondary N) is 1. The van der Waals surface area contributed by atoms with Gasteiger partial charge in [0.25, 0.3) is 0 Å². The molecule has 0 atom stereocenters. The van der Waals surface area contributed by atoms with Crippen molar-refractivity contribution in [2.24, 2.45) is 0 Å². The number of alkyl halides is 1. The van der Waals surface area contributed by atoms with E-state index in [2.05, 4.69) is 5.32 Å². The van der Waals surface area contributed by atoms with Crippen molar-refractivity contribution < 1.29 is 19.1 Å². The van der Waals surface area contributed by atoms with Gasteiger partial charge in [-0.2, -0.15) is 0 Å². The first-order valence-electron chi connectivity index (χ1n) is 7.19. The molecule has 0 aliphatic carbocycles. The Balaban J connectivity index is 2.08. The van der Waals surface area contributed by atoms with Gasteiger partial charge >= 0.3 is 0 Å². The molecule has 7 heteroatoms. The number of rotatable bonds is 4. The van der Waals surface area contributed by atoms with Gasteiger partial charge in [0.1, 0.15) is 19.1 Å². The number of carbonyl (C=O) groups is 2. The quantitative estimate of drug-likeness (QED) is 0.664. The Bertz CT molecular complexity index is 807. The fourth-order valence-electron chi connectivity index (χ4n) is 2.35. The molecule has 0 saturated carbocycles. The molecule has 0 unspecified atom stereocenters. The largest absolute Gasteiger partial charge is 0.486 e. The van der Waals surface area contributed by atoms with E-state index in [1.165, 1.54) is 0 Å². The molecule has 0 saturated heterocycles. The van der Waals surface area contributed by atoms with Gasteiger partial charge in [0.05, 0.1) is 16.3 Å². The van der Waals surface area contributed by atoms with Gasteiger partial charge < -0.3 is 14.8 Å². The maximum Gasteiger partial charge on any atom is 0.239 e. The molecule has 2 aromatic carbocycles. The van der Waals surface area contributed by atoms with E-state index >= 15 is 0 Å². The third-order valence-corrected chi connectivity index (χ3v) is 4.01. The fourth-order valence-corrected chi connectivity index (χ4v) is 2.64. The van der Waals surface area contributed by atoms with Crippen LogP contribution in [0.3, 0.4) is 0 Å². The number of hydrogen-bond acceptors (Lipinski definition) is 4. The summed E-state index contributed by atoms with van der Waals surface area (Å²) in [4.78, 5) is 24.6. The van der Waals surface area contributed by atoms with Crippen LogP contribution in [0.25, 0.3) is 0 Å². The van der Waals surface area contributed by atoms with E-state index in [0.29, 0.717) is 41.0 Å². The van der Waals surface area contributed by atoms with E-state index in [1.807, 2.05) is 0 Å². The molecule has 5 nitrogen and oxygen atoms in total. The highest BCUT2D eigenvalue weighted by molar-refractivity contribution is 6.35. The normalized spacial score (nSPS) is 12.6. The number of ether oxygens (including phenoxy) is 2. The summed E-state index contributed by atoms with van der Waals surface area (Å²) in [6, 6.07) is 9.80. The third-order valence-electron chi connectivity index (χ3n) is 3.44. The first kappa shape index (κ1) is 16.6. The van der Waals surface area contributed by atoms with Gasteiger partial charge in [-0.1, -0.05) is 23.7 Å². The molecular formula is C17H13Cl2NO4. The molecule has 1 amide bonds. The molecule has 0 spiro atoms. The van der Waals surface area contributed by atoms with Crippen molar-refractivity contribution in [2.75, 3.05) is 24.4 Å². The van der Waals surface area contributed by atoms with Crippen LogP contribution >= 0.6 is 23.2 Å². The Morgan fingerprint density at radius 2 is 1.71 bits per heavy atom. The number of anilines is 1. The Morgan fingerprint density at radius 3 is 2.38 bits per heavy atom. The second-order valence-corrected chi connectivity index (χ2v) is 5.71. The van der Waals surface area contributed by atoms with Gasteiger partial charge in [-0.25, -0.2) is 0 Å². The molecule has 0 fully saturated rings. The molecule has 2 aromatic rings. The average molecular weight is 366 g/mol. The van der Waals surface area contributed by atoms with E-state index < -0.39 is 5.91 Å². The summed E-state index contributed by atoms with van der Waals surface area (Å²) in [7, 11) is 0. The predicted octanol–water partition coefficient (Wildman–Crippen LogP) is 3.52. The molecule has 1 N–H and O–H groups in total. The summed E-state index contributed by atoms with van der Waals surface area (Å²) < 4.78 is 11.0. The van der Waals surface area contributed by atoms with Gasteiger partial charge in [0.15, 0.2) is 17.3 Å². The summed E-state index contributed by atoms with van der Waals surface area (Å²) >= 11 is 11.7. The molecule has 1 heterocycles. The lowest BCUT2D eigenvalue weighted by Gasteiger charge is -2.21. The average Bonchev–Trinajstić information content (AvgIpc) is 2.61. The molecule has 0 radical (unpaired) electrons. The number of hydrogen-bond donors (Lipinski definition) is 1. The Labute approximate surface area is 148 Å². The molecule has 3 rings (SSSR count). The lowest BCUT2D eigenvalue weighted by atomic mass is 10.0. The molecule has 124 valence electrons. The van der Waals surface area contributed by atoms with Gasteiger partial charge in [-0.05, 0) is 18.2 Å². The molecule has 1 aliphatic heterocycles. The fraction of sp³-hybridized carbons (Fsp3) is 0.176. The highest BCUT2D eigenvalue weighted by Crippen LogP contribution is 2.37. The zero-order chi connectivity index (χ0) is 17.1. The smallest absolute Gasteiger partial charge is 0.239 e. The topological polar surface area (TPSA) is 64.6 Å². The number of halogens is 2. The lowest BCUT2D eigenvalue weighted by Crippen LogP contribution is -2.19.